The number of carbonyl (C=O) groups excluding carboxylic acids is 2. The van der Waals surface area contributed by atoms with Crippen LogP contribution < -0.4 is 0 Å². The highest BCUT2D eigenvalue weighted by Crippen LogP contribution is 2.18. The maximum absolute atomic E-state index is 13.0. The number of pyridine rings is 1. The zero-order valence-corrected chi connectivity index (χ0v) is 16.0. The molecule has 27 heavy (non-hydrogen) atoms. The molecule has 0 saturated carbocycles. The predicted octanol–water partition coefficient (Wildman–Crippen LogP) is 4.48. The average Bonchev–Trinajstić information content (AvgIpc) is 3.16. The molecule has 0 N–H and O–H groups in total. The number of hydrogen-bond donors (Lipinski definition) is 0. The van der Waals surface area contributed by atoms with Crippen molar-refractivity contribution >= 4 is 17.1 Å². The van der Waals surface area contributed by atoms with E-state index in [0.717, 1.165) is 31.4 Å². The first-order valence-corrected chi connectivity index (χ1v) is 9.52. The molecule has 0 bridgehead atoms. The minimum Gasteiger partial charge on any atom is -0.314 e. The van der Waals surface area contributed by atoms with Gasteiger partial charge < -0.3 is 9.30 Å². The van der Waals surface area contributed by atoms with Crippen molar-refractivity contribution in [1.29, 1.82) is 0 Å². The monoisotopic (exact) mass is 362 g/mol. The molecule has 0 fully saturated rings. The van der Waals surface area contributed by atoms with E-state index in [1.165, 1.54) is 0 Å². The molecule has 3 rings (SSSR count). The average molecular weight is 362 g/mol. The van der Waals surface area contributed by atoms with Gasteiger partial charge >= 0.3 is 0 Å². The summed E-state index contributed by atoms with van der Waals surface area (Å²) in [7, 11) is 2.08. The quantitative estimate of drug-likeness (QED) is 0.527. The summed E-state index contributed by atoms with van der Waals surface area (Å²) in [6, 6.07) is 16.6. The molecule has 0 unspecified atom stereocenters. The minimum absolute atomic E-state index is 0.0749. The zero-order chi connectivity index (χ0) is 19.2. The highest BCUT2D eigenvalue weighted by molar-refractivity contribution is 6.10. The van der Waals surface area contributed by atoms with Crippen molar-refractivity contribution in [3.05, 3.63) is 77.6 Å². The number of nitrogens with zero attached hydrogens (tertiary/aromatic N) is 2. The largest absolute Gasteiger partial charge is 0.314 e. The fourth-order valence-corrected chi connectivity index (χ4v) is 3.37. The summed E-state index contributed by atoms with van der Waals surface area (Å²) < 4.78 is 1.85. The summed E-state index contributed by atoms with van der Waals surface area (Å²) in [6.45, 7) is 4.10. The van der Waals surface area contributed by atoms with E-state index in [9.17, 15) is 9.59 Å². The van der Waals surface area contributed by atoms with Gasteiger partial charge in [-0.1, -0.05) is 37.3 Å². The van der Waals surface area contributed by atoms with Crippen molar-refractivity contribution in [2.45, 2.75) is 26.2 Å². The van der Waals surface area contributed by atoms with E-state index in [-0.39, 0.29) is 11.6 Å². The smallest absolute Gasteiger partial charge is 0.209 e. The molecule has 2 aromatic heterocycles. The lowest BCUT2D eigenvalue weighted by Gasteiger charge is -2.15. The second-order valence-corrected chi connectivity index (χ2v) is 6.96. The highest BCUT2D eigenvalue weighted by Gasteiger charge is 2.16. The van der Waals surface area contributed by atoms with Gasteiger partial charge in [0.1, 0.15) is 0 Å². The second kappa shape index (κ2) is 8.78. The van der Waals surface area contributed by atoms with Crippen LogP contribution in [0.15, 0.2) is 60.8 Å². The maximum atomic E-state index is 13.0. The lowest BCUT2D eigenvalue weighted by Crippen LogP contribution is -2.21. The first-order chi connectivity index (χ1) is 13.1. The molecule has 0 saturated heterocycles. The standard InChI is InChI=1S/C23H26N2O2/c1-3-13-24(2)14-8-12-22(26)19-16-20-11-7-15-25(20)21(17-19)23(27)18-9-5-4-6-10-18/h4-7,9-11,15-17H,3,8,12-14H2,1-2H3. The van der Waals surface area contributed by atoms with Gasteiger partial charge in [-0.2, -0.15) is 0 Å². The van der Waals surface area contributed by atoms with E-state index in [1.54, 1.807) is 18.2 Å². The molecule has 2 heterocycles. The van der Waals surface area contributed by atoms with E-state index < -0.39 is 0 Å². The van der Waals surface area contributed by atoms with Crippen molar-refractivity contribution < 1.29 is 9.59 Å². The van der Waals surface area contributed by atoms with Crippen molar-refractivity contribution in [3.8, 4) is 0 Å². The topological polar surface area (TPSA) is 41.8 Å². The van der Waals surface area contributed by atoms with Crippen LogP contribution in [0.25, 0.3) is 5.52 Å². The van der Waals surface area contributed by atoms with Crippen LogP contribution in [0.5, 0.6) is 0 Å². The molecular weight excluding hydrogens is 336 g/mol. The van der Waals surface area contributed by atoms with Gasteiger partial charge in [0.15, 0.2) is 5.78 Å². The van der Waals surface area contributed by atoms with Crippen LogP contribution in [0.4, 0.5) is 0 Å². The van der Waals surface area contributed by atoms with Crippen molar-refractivity contribution in [2.75, 3.05) is 20.1 Å². The number of carbonyl (C=O) groups is 2. The normalized spacial score (nSPS) is 11.2. The summed E-state index contributed by atoms with van der Waals surface area (Å²) in [5, 5.41) is 0. The third-order valence-electron chi connectivity index (χ3n) is 4.78. The molecule has 0 atom stereocenters. The Bertz CT molecular complexity index is 928. The molecule has 3 aromatic rings. The van der Waals surface area contributed by atoms with Crippen molar-refractivity contribution in [1.82, 2.24) is 9.30 Å². The SMILES string of the molecule is CCCN(C)CCCC(=O)c1cc(C(=O)c2ccccc2)n2cccc2c1. The molecule has 4 heteroatoms. The van der Waals surface area contributed by atoms with E-state index in [2.05, 4.69) is 18.9 Å². The zero-order valence-electron chi connectivity index (χ0n) is 16.0. The van der Waals surface area contributed by atoms with Crippen molar-refractivity contribution in [3.63, 3.8) is 0 Å². The van der Waals surface area contributed by atoms with Gasteiger partial charge in [-0.3, -0.25) is 9.59 Å². The highest BCUT2D eigenvalue weighted by atomic mass is 16.1. The molecular formula is C23H26N2O2. The van der Waals surface area contributed by atoms with Gasteiger partial charge in [-0.05, 0) is 57.2 Å². The number of aromatic nitrogens is 1. The summed E-state index contributed by atoms with van der Waals surface area (Å²) in [5.74, 6) is 0.0137. The lowest BCUT2D eigenvalue weighted by atomic mass is 10.0. The van der Waals surface area contributed by atoms with Gasteiger partial charge in [-0.15, -0.1) is 0 Å². The van der Waals surface area contributed by atoms with Crippen LogP contribution in [-0.2, 0) is 0 Å². The Morgan fingerprint density at radius 2 is 1.74 bits per heavy atom. The molecule has 0 aliphatic rings. The molecule has 1 aromatic carbocycles. The fraction of sp³-hybridized carbons (Fsp3) is 0.304. The molecule has 0 aliphatic carbocycles. The third kappa shape index (κ3) is 4.52. The summed E-state index contributed by atoms with van der Waals surface area (Å²) in [4.78, 5) is 27.9. The molecule has 0 aliphatic heterocycles. The third-order valence-corrected chi connectivity index (χ3v) is 4.78. The molecule has 0 radical (unpaired) electrons. The Morgan fingerprint density at radius 1 is 0.963 bits per heavy atom. The van der Waals surface area contributed by atoms with Gasteiger partial charge in [0.25, 0.3) is 0 Å². The fourth-order valence-electron chi connectivity index (χ4n) is 3.37. The predicted molar refractivity (Wildman–Crippen MR) is 109 cm³/mol. The number of benzene rings is 1. The Labute approximate surface area is 160 Å². The van der Waals surface area contributed by atoms with Crippen molar-refractivity contribution in [2.24, 2.45) is 0 Å². The first-order valence-electron chi connectivity index (χ1n) is 9.52. The Balaban J connectivity index is 1.83. The second-order valence-electron chi connectivity index (χ2n) is 6.96. The summed E-state index contributed by atoms with van der Waals surface area (Å²) in [6.07, 6.45) is 4.28. The number of fused-ring (bicyclic) bond motifs is 1. The van der Waals surface area contributed by atoms with Crippen LogP contribution in [0.1, 0.15) is 52.6 Å². The Hall–Kier alpha value is -2.72. The van der Waals surface area contributed by atoms with E-state index >= 15 is 0 Å². The number of hydrogen-bond acceptors (Lipinski definition) is 3. The van der Waals surface area contributed by atoms with Gasteiger partial charge in [0, 0.05) is 29.3 Å². The lowest BCUT2D eigenvalue weighted by molar-refractivity contribution is 0.0976. The van der Waals surface area contributed by atoms with Gasteiger partial charge in [0.05, 0.1) is 5.69 Å². The Morgan fingerprint density at radius 3 is 2.48 bits per heavy atom. The van der Waals surface area contributed by atoms with E-state index in [1.807, 2.05) is 47.0 Å². The van der Waals surface area contributed by atoms with Crippen LogP contribution in [-0.4, -0.2) is 41.0 Å². The summed E-state index contributed by atoms with van der Waals surface area (Å²) in [5.41, 5.74) is 2.62. The molecule has 140 valence electrons. The Kier molecular flexibility index (Phi) is 6.20. The van der Waals surface area contributed by atoms with Gasteiger partial charge in [0.2, 0.25) is 5.78 Å². The summed E-state index contributed by atoms with van der Waals surface area (Å²) >= 11 is 0. The first kappa shape index (κ1) is 19.1. The molecule has 0 spiro atoms. The van der Waals surface area contributed by atoms with Crippen LogP contribution in [0, 0.1) is 0 Å². The van der Waals surface area contributed by atoms with Crippen LogP contribution in [0.2, 0.25) is 0 Å². The van der Waals surface area contributed by atoms with E-state index in [0.29, 0.717) is 23.2 Å². The molecule has 0 amide bonds. The minimum atomic E-state index is -0.0749. The number of rotatable bonds is 9. The molecule has 4 nitrogen and oxygen atoms in total. The van der Waals surface area contributed by atoms with Gasteiger partial charge in [-0.25, -0.2) is 0 Å². The number of Topliss-reactive ketones (excluding diaryl/α,β-unsaturated/α-hetero) is 1. The van der Waals surface area contributed by atoms with Crippen LogP contribution >= 0.6 is 0 Å². The number of ketones is 2. The maximum Gasteiger partial charge on any atom is 0.209 e. The van der Waals surface area contributed by atoms with Crippen LogP contribution in [0.3, 0.4) is 0 Å². The van der Waals surface area contributed by atoms with E-state index in [4.69, 9.17) is 0 Å².